The van der Waals surface area contributed by atoms with E-state index in [1.54, 1.807) is 6.26 Å². The molecule has 4 heteroatoms. The summed E-state index contributed by atoms with van der Waals surface area (Å²) < 4.78 is 5.38. The summed E-state index contributed by atoms with van der Waals surface area (Å²) in [5.74, 6) is 1.96. The fourth-order valence-corrected chi connectivity index (χ4v) is 1.52. The number of aromatic nitrogens is 2. The summed E-state index contributed by atoms with van der Waals surface area (Å²) in [7, 11) is 0. The highest BCUT2D eigenvalue weighted by molar-refractivity contribution is 5.62. The molecule has 0 aromatic carbocycles. The minimum atomic E-state index is -0.136. The number of hydrogen-bond acceptors (Lipinski definition) is 4. The van der Waals surface area contributed by atoms with Crippen LogP contribution >= 0.6 is 0 Å². The molecule has 0 aliphatic rings. The highest BCUT2D eigenvalue weighted by atomic mass is 16.3. The highest BCUT2D eigenvalue weighted by Crippen LogP contribution is 2.28. The number of rotatable bonds is 1. The standard InChI is InChI=1S/C13H17N3O/c1-8-10(9-6-5-7-17-9)15-12(13(2,3)4)16-11(8)14/h5-7H,1-4H3,(H2,14,15,16). The second-order valence-corrected chi connectivity index (χ2v) is 5.13. The van der Waals surface area contributed by atoms with Gasteiger partial charge in [0, 0.05) is 11.0 Å². The van der Waals surface area contributed by atoms with Crippen molar-refractivity contribution < 1.29 is 4.42 Å². The van der Waals surface area contributed by atoms with Crippen LogP contribution in [0.15, 0.2) is 22.8 Å². The molecule has 2 N–H and O–H groups in total. The minimum absolute atomic E-state index is 0.136. The third kappa shape index (κ3) is 2.16. The van der Waals surface area contributed by atoms with Gasteiger partial charge in [-0.3, -0.25) is 0 Å². The predicted molar refractivity (Wildman–Crippen MR) is 67.6 cm³/mol. The average molecular weight is 231 g/mol. The molecule has 2 rings (SSSR count). The molecule has 2 aromatic rings. The zero-order chi connectivity index (χ0) is 12.6. The SMILES string of the molecule is Cc1c(N)nc(C(C)(C)C)nc1-c1ccco1. The third-order valence-electron chi connectivity index (χ3n) is 2.61. The van der Waals surface area contributed by atoms with E-state index in [-0.39, 0.29) is 5.41 Å². The van der Waals surface area contributed by atoms with Gasteiger partial charge in [0.15, 0.2) is 5.76 Å². The Hall–Kier alpha value is -1.84. The lowest BCUT2D eigenvalue weighted by atomic mass is 9.95. The van der Waals surface area contributed by atoms with E-state index in [2.05, 4.69) is 30.7 Å². The van der Waals surface area contributed by atoms with E-state index in [1.807, 2.05) is 19.1 Å². The summed E-state index contributed by atoms with van der Waals surface area (Å²) in [6, 6.07) is 3.71. The second-order valence-electron chi connectivity index (χ2n) is 5.13. The summed E-state index contributed by atoms with van der Waals surface area (Å²) >= 11 is 0. The van der Waals surface area contributed by atoms with Gasteiger partial charge in [-0.05, 0) is 19.1 Å². The molecule has 0 amide bonds. The average Bonchev–Trinajstić information content (AvgIpc) is 2.73. The number of anilines is 1. The van der Waals surface area contributed by atoms with Gasteiger partial charge in [0.05, 0.1) is 6.26 Å². The van der Waals surface area contributed by atoms with Crippen molar-refractivity contribution in [3.63, 3.8) is 0 Å². The van der Waals surface area contributed by atoms with Gasteiger partial charge < -0.3 is 10.2 Å². The molecule has 0 atom stereocenters. The number of hydrogen-bond donors (Lipinski definition) is 1. The molecule has 17 heavy (non-hydrogen) atoms. The first kappa shape index (κ1) is 11.6. The Morgan fingerprint density at radius 2 is 1.94 bits per heavy atom. The second kappa shape index (κ2) is 3.87. The van der Waals surface area contributed by atoms with Gasteiger partial charge >= 0.3 is 0 Å². The molecule has 0 radical (unpaired) electrons. The molecule has 0 saturated heterocycles. The van der Waals surface area contributed by atoms with E-state index >= 15 is 0 Å². The van der Waals surface area contributed by atoms with E-state index < -0.39 is 0 Å². The van der Waals surface area contributed by atoms with E-state index in [0.29, 0.717) is 5.82 Å². The first-order valence-electron chi connectivity index (χ1n) is 5.58. The van der Waals surface area contributed by atoms with Crippen LogP contribution in [0.5, 0.6) is 0 Å². The molecule has 0 bridgehead atoms. The lowest BCUT2D eigenvalue weighted by molar-refractivity contribution is 0.541. The fraction of sp³-hybridized carbons (Fsp3) is 0.385. The number of nitrogen functional groups attached to an aromatic ring is 1. The Morgan fingerprint density at radius 1 is 1.24 bits per heavy atom. The maximum Gasteiger partial charge on any atom is 0.152 e. The Bertz CT molecular complexity index is 524. The maximum absolute atomic E-state index is 5.93. The Kier molecular flexibility index (Phi) is 2.65. The van der Waals surface area contributed by atoms with Crippen molar-refractivity contribution in [3.05, 3.63) is 29.8 Å². The molecule has 2 heterocycles. The first-order valence-corrected chi connectivity index (χ1v) is 5.58. The Labute approximate surface area is 101 Å². The molecule has 0 aliphatic heterocycles. The van der Waals surface area contributed by atoms with Crippen molar-refractivity contribution in [1.29, 1.82) is 0 Å². The smallest absolute Gasteiger partial charge is 0.152 e. The largest absolute Gasteiger partial charge is 0.463 e. The van der Waals surface area contributed by atoms with Gasteiger partial charge in [-0.1, -0.05) is 20.8 Å². The van der Waals surface area contributed by atoms with Gasteiger partial charge in [-0.15, -0.1) is 0 Å². The Balaban J connectivity index is 2.64. The first-order chi connectivity index (χ1) is 7.89. The zero-order valence-electron chi connectivity index (χ0n) is 10.6. The van der Waals surface area contributed by atoms with Crippen molar-refractivity contribution >= 4 is 5.82 Å². The number of nitrogens with two attached hydrogens (primary N) is 1. The molecule has 0 saturated carbocycles. The van der Waals surface area contributed by atoms with Crippen LogP contribution in [0.25, 0.3) is 11.5 Å². The topological polar surface area (TPSA) is 64.9 Å². The van der Waals surface area contributed by atoms with Crippen LogP contribution in [0, 0.1) is 6.92 Å². The quantitative estimate of drug-likeness (QED) is 0.819. The molecule has 0 spiro atoms. The summed E-state index contributed by atoms with van der Waals surface area (Å²) in [4.78, 5) is 8.90. The molecular formula is C13H17N3O. The van der Waals surface area contributed by atoms with Crippen LogP contribution in [-0.4, -0.2) is 9.97 Å². The van der Waals surface area contributed by atoms with Gasteiger partial charge in [0.25, 0.3) is 0 Å². The number of nitrogens with zero attached hydrogens (tertiary/aromatic N) is 2. The van der Waals surface area contributed by atoms with Crippen molar-refractivity contribution in [1.82, 2.24) is 9.97 Å². The predicted octanol–water partition coefficient (Wildman–Crippen LogP) is 2.92. The molecule has 0 aliphatic carbocycles. The van der Waals surface area contributed by atoms with Crippen LogP contribution in [0.3, 0.4) is 0 Å². The van der Waals surface area contributed by atoms with E-state index in [0.717, 1.165) is 22.8 Å². The molecule has 4 nitrogen and oxygen atoms in total. The van der Waals surface area contributed by atoms with E-state index in [1.165, 1.54) is 0 Å². The summed E-state index contributed by atoms with van der Waals surface area (Å²) in [5, 5.41) is 0. The number of furan rings is 1. The third-order valence-corrected chi connectivity index (χ3v) is 2.61. The molecule has 90 valence electrons. The molecular weight excluding hydrogens is 214 g/mol. The lowest BCUT2D eigenvalue weighted by Crippen LogP contribution is -2.18. The van der Waals surface area contributed by atoms with E-state index in [4.69, 9.17) is 10.2 Å². The van der Waals surface area contributed by atoms with Gasteiger partial charge in [-0.2, -0.15) is 0 Å². The molecule has 0 fully saturated rings. The van der Waals surface area contributed by atoms with Crippen molar-refractivity contribution in [2.45, 2.75) is 33.1 Å². The van der Waals surface area contributed by atoms with Gasteiger partial charge in [0.1, 0.15) is 17.3 Å². The van der Waals surface area contributed by atoms with Gasteiger partial charge in [0.2, 0.25) is 0 Å². The monoisotopic (exact) mass is 231 g/mol. The van der Waals surface area contributed by atoms with Crippen molar-refractivity contribution in [2.75, 3.05) is 5.73 Å². The lowest BCUT2D eigenvalue weighted by Gasteiger charge is -2.18. The highest BCUT2D eigenvalue weighted by Gasteiger charge is 2.21. The van der Waals surface area contributed by atoms with E-state index in [9.17, 15) is 0 Å². The van der Waals surface area contributed by atoms with Crippen LogP contribution in [0.1, 0.15) is 32.2 Å². The van der Waals surface area contributed by atoms with Crippen LogP contribution in [0.4, 0.5) is 5.82 Å². The molecule has 0 unspecified atom stereocenters. The van der Waals surface area contributed by atoms with Crippen LogP contribution < -0.4 is 5.73 Å². The minimum Gasteiger partial charge on any atom is -0.463 e. The van der Waals surface area contributed by atoms with Crippen molar-refractivity contribution in [2.24, 2.45) is 0 Å². The van der Waals surface area contributed by atoms with Crippen LogP contribution in [-0.2, 0) is 5.41 Å². The van der Waals surface area contributed by atoms with Gasteiger partial charge in [-0.25, -0.2) is 9.97 Å². The fourth-order valence-electron chi connectivity index (χ4n) is 1.52. The van der Waals surface area contributed by atoms with Crippen LogP contribution in [0.2, 0.25) is 0 Å². The zero-order valence-corrected chi connectivity index (χ0v) is 10.6. The Morgan fingerprint density at radius 3 is 2.47 bits per heavy atom. The van der Waals surface area contributed by atoms with Crippen molar-refractivity contribution in [3.8, 4) is 11.5 Å². The maximum atomic E-state index is 5.93. The molecule has 2 aromatic heterocycles. The normalized spacial score (nSPS) is 11.8. The summed E-state index contributed by atoms with van der Waals surface area (Å²) in [6.07, 6.45) is 1.63. The summed E-state index contributed by atoms with van der Waals surface area (Å²) in [6.45, 7) is 8.08. The summed E-state index contributed by atoms with van der Waals surface area (Å²) in [5.41, 5.74) is 7.42.